The number of benzene rings is 1. The molecule has 0 spiro atoms. The largest absolute Gasteiger partial charge is 0.416 e. The molecule has 1 amide bonds. The van der Waals surface area contributed by atoms with Gasteiger partial charge in [0.1, 0.15) is 0 Å². The van der Waals surface area contributed by atoms with E-state index < -0.39 is 11.7 Å². The van der Waals surface area contributed by atoms with Crippen molar-refractivity contribution < 1.29 is 18.0 Å². The van der Waals surface area contributed by atoms with Gasteiger partial charge in [0.05, 0.1) is 12.0 Å². The first-order valence-electron chi connectivity index (χ1n) is 6.61. The molecular weight excluding hydrogens is 305 g/mol. The van der Waals surface area contributed by atoms with Crippen LogP contribution in [0.2, 0.25) is 0 Å². The highest BCUT2D eigenvalue weighted by Crippen LogP contribution is 2.29. The average molecular weight is 323 g/mol. The second-order valence-electron chi connectivity index (χ2n) is 4.98. The predicted octanol–water partition coefficient (Wildman–Crippen LogP) is 2.54. The highest BCUT2D eigenvalue weighted by Gasteiger charge is 2.30. The smallest absolute Gasteiger partial charge is 0.352 e. The van der Waals surface area contributed by atoms with Crippen LogP contribution in [-0.2, 0) is 17.4 Å². The molecule has 1 aliphatic rings. The van der Waals surface area contributed by atoms with Gasteiger partial charge in [-0.15, -0.1) is 12.4 Å². The van der Waals surface area contributed by atoms with Crippen LogP contribution in [0.25, 0.3) is 0 Å². The van der Waals surface area contributed by atoms with Gasteiger partial charge in [0.15, 0.2) is 0 Å². The molecule has 1 saturated heterocycles. The quantitative estimate of drug-likeness (QED) is 0.898. The molecule has 1 aromatic carbocycles. The van der Waals surface area contributed by atoms with Gasteiger partial charge in [-0.1, -0.05) is 12.1 Å². The normalized spacial score (nSPS) is 18.7. The molecule has 0 saturated carbocycles. The van der Waals surface area contributed by atoms with E-state index >= 15 is 0 Å². The van der Waals surface area contributed by atoms with Gasteiger partial charge in [-0.05, 0) is 37.1 Å². The van der Waals surface area contributed by atoms with Crippen molar-refractivity contribution in [2.45, 2.75) is 31.5 Å². The number of hydrogen-bond donors (Lipinski definition) is 2. The van der Waals surface area contributed by atoms with Gasteiger partial charge in [0, 0.05) is 12.6 Å². The molecule has 0 aliphatic carbocycles. The van der Waals surface area contributed by atoms with E-state index in [2.05, 4.69) is 10.6 Å². The molecule has 1 aromatic rings. The Labute approximate surface area is 127 Å². The number of carbonyl (C=O) groups is 1. The van der Waals surface area contributed by atoms with E-state index in [1.54, 1.807) is 0 Å². The summed E-state index contributed by atoms with van der Waals surface area (Å²) in [5.74, 6) is -0.154. The van der Waals surface area contributed by atoms with Crippen molar-refractivity contribution in [2.24, 2.45) is 0 Å². The molecule has 3 nitrogen and oxygen atoms in total. The number of rotatable bonds is 3. The Hall–Kier alpha value is -1.27. The average Bonchev–Trinajstić information content (AvgIpc) is 2.39. The maximum Gasteiger partial charge on any atom is 0.416 e. The molecular formula is C14H18ClF3N2O. The van der Waals surface area contributed by atoms with Crippen LogP contribution in [0, 0.1) is 0 Å². The van der Waals surface area contributed by atoms with Gasteiger partial charge in [-0.3, -0.25) is 4.79 Å². The second-order valence-corrected chi connectivity index (χ2v) is 4.98. The summed E-state index contributed by atoms with van der Waals surface area (Å²) in [6.45, 7) is 1.71. The van der Waals surface area contributed by atoms with Crippen LogP contribution in [0.4, 0.5) is 13.2 Å². The fourth-order valence-corrected chi connectivity index (χ4v) is 2.25. The van der Waals surface area contributed by atoms with E-state index in [0.717, 1.165) is 38.1 Å². The fraction of sp³-hybridized carbons (Fsp3) is 0.500. The summed E-state index contributed by atoms with van der Waals surface area (Å²) in [6.07, 6.45) is -2.28. The van der Waals surface area contributed by atoms with Crippen LogP contribution in [-0.4, -0.2) is 25.0 Å². The van der Waals surface area contributed by atoms with E-state index in [9.17, 15) is 18.0 Å². The van der Waals surface area contributed by atoms with Crippen LogP contribution < -0.4 is 10.6 Å². The summed E-state index contributed by atoms with van der Waals surface area (Å²) in [5.41, 5.74) is -0.114. The molecule has 0 radical (unpaired) electrons. The summed E-state index contributed by atoms with van der Waals surface area (Å²) in [7, 11) is 0. The lowest BCUT2D eigenvalue weighted by Crippen LogP contribution is -2.46. The Balaban J connectivity index is 0.00000220. The zero-order valence-electron chi connectivity index (χ0n) is 11.4. The molecule has 1 atom stereocenters. The molecule has 0 aromatic heterocycles. The molecule has 1 heterocycles. The third-order valence-electron chi connectivity index (χ3n) is 3.31. The first-order valence-corrected chi connectivity index (χ1v) is 6.61. The van der Waals surface area contributed by atoms with Crippen molar-refractivity contribution in [3.8, 4) is 0 Å². The van der Waals surface area contributed by atoms with E-state index in [4.69, 9.17) is 0 Å². The molecule has 7 heteroatoms. The molecule has 1 fully saturated rings. The third-order valence-corrected chi connectivity index (χ3v) is 3.31. The highest BCUT2D eigenvalue weighted by atomic mass is 35.5. The minimum Gasteiger partial charge on any atom is -0.352 e. The SMILES string of the molecule is Cl.O=C(Cc1ccc(C(F)(F)F)cc1)N[C@@H]1CCCNC1. The minimum atomic E-state index is -4.34. The minimum absolute atomic E-state index is 0. The molecule has 118 valence electrons. The maximum atomic E-state index is 12.4. The molecule has 0 bridgehead atoms. The van der Waals surface area contributed by atoms with Crippen LogP contribution in [0.15, 0.2) is 24.3 Å². The van der Waals surface area contributed by atoms with E-state index in [0.29, 0.717) is 5.56 Å². The highest BCUT2D eigenvalue weighted by molar-refractivity contribution is 5.85. The second kappa shape index (κ2) is 7.66. The molecule has 2 rings (SSSR count). The number of amides is 1. The van der Waals surface area contributed by atoms with Crippen molar-refractivity contribution in [1.29, 1.82) is 0 Å². The lowest BCUT2D eigenvalue weighted by Gasteiger charge is -2.23. The van der Waals surface area contributed by atoms with Gasteiger partial charge in [0.2, 0.25) is 5.91 Å². The van der Waals surface area contributed by atoms with Gasteiger partial charge in [-0.2, -0.15) is 13.2 Å². The Morgan fingerprint density at radius 2 is 1.95 bits per heavy atom. The topological polar surface area (TPSA) is 41.1 Å². The lowest BCUT2D eigenvalue weighted by molar-refractivity contribution is -0.137. The van der Waals surface area contributed by atoms with Gasteiger partial charge >= 0.3 is 6.18 Å². The summed E-state index contributed by atoms with van der Waals surface area (Å²) >= 11 is 0. The van der Waals surface area contributed by atoms with E-state index in [1.165, 1.54) is 12.1 Å². The third kappa shape index (κ3) is 5.55. The Morgan fingerprint density at radius 3 is 2.48 bits per heavy atom. The Kier molecular flexibility index (Phi) is 6.48. The van der Waals surface area contributed by atoms with E-state index in [1.807, 2.05) is 0 Å². The van der Waals surface area contributed by atoms with Crippen molar-refractivity contribution in [3.05, 3.63) is 35.4 Å². The van der Waals surface area contributed by atoms with Crippen LogP contribution >= 0.6 is 12.4 Å². The van der Waals surface area contributed by atoms with Gasteiger partial charge in [0.25, 0.3) is 0 Å². The number of alkyl halides is 3. The summed E-state index contributed by atoms with van der Waals surface area (Å²) in [6, 6.07) is 4.82. The summed E-state index contributed by atoms with van der Waals surface area (Å²) in [5, 5.41) is 6.08. The first kappa shape index (κ1) is 17.8. The molecule has 21 heavy (non-hydrogen) atoms. The monoisotopic (exact) mass is 322 g/mol. The van der Waals surface area contributed by atoms with Crippen molar-refractivity contribution >= 4 is 18.3 Å². The van der Waals surface area contributed by atoms with Crippen LogP contribution in [0.5, 0.6) is 0 Å². The Morgan fingerprint density at radius 1 is 1.29 bits per heavy atom. The fourth-order valence-electron chi connectivity index (χ4n) is 2.25. The number of nitrogens with one attached hydrogen (secondary N) is 2. The number of halogens is 4. The number of carbonyl (C=O) groups excluding carboxylic acids is 1. The molecule has 0 unspecified atom stereocenters. The van der Waals surface area contributed by atoms with E-state index in [-0.39, 0.29) is 30.8 Å². The zero-order valence-corrected chi connectivity index (χ0v) is 12.2. The van der Waals surface area contributed by atoms with Crippen LogP contribution in [0.3, 0.4) is 0 Å². The molecule has 2 N–H and O–H groups in total. The number of hydrogen-bond acceptors (Lipinski definition) is 2. The zero-order chi connectivity index (χ0) is 14.6. The van der Waals surface area contributed by atoms with Crippen molar-refractivity contribution in [1.82, 2.24) is 10.6 Å². The maximum absolute atomic E-state index is 12.4. The first-order chi connectivity index (χ1) is 9.45. The van der Waals surface area contributed by atoms with Gasteiger partial charge in [-0.25, -0.2) is 0 Å². The molecule has 1 aliphatic heterocycles. The lowest BCUT2D eigenvalue weighted by atomic mass is 10.1. The predicted molar refractivity (Wildman–Crippen MR) is 76.4 cm³/mol. The van der Waals surface area contributed by atoms with Crippen molar-refractivity contribution in [2.75, 3.05) is 13.1 Å². The van der Waals surface area contributed by atoms with Crippen LogP contribution in [0.1, 0.15) is 24.0 Å². The van der Waals surface area contributed by atoms with Crippen molar-refractivity contribution in [3.63, 3.8) is 0 Å². The Bertz CT molecular complexity index is 456. The van der Waals surface area contributed by atoms with Gasteiger partial charge < -0.3 is 10.6 Å². The standard InChI is InChI=1S/C14H17F3N2O.ClH/c15-14(16,17)11-5-3-10(4-6-11)8-13(20)19-12-2-1-7-18-9-12;/h3-6,12,18H,1-2,7-9H2,(H,19,20);1H/t12-;/m1./s1. The summed E-state index contributed by atoms with van der Waals surface area (Å²) in [4.78, 5) is 11.8. The number of piperidine rings is 1. The summed E-state index contributed by atoms with van der Waals surface area (Å²) < 4.78 is 37.2.